The summed E-state index contributed by atoms with van der Waals surface area (Å²) in [5.74, 6) is 0.691. The minimum absolute atomic E-state index is 0.169. The maximum Gasteiger partial charge on any atom is 0.130 e. The number of aromatic nitrogens is 2. The van der Waals surface area contributed by atoms with E-state index < -0.39 is 6.10 Å². The highest BCUT2D eigenvalue weighted by Crippen LogP contribution is 2.42. The van der Waals surface area contributed by atoms with E-state index in [0.29, 0.717) is 17.2 Å². The first-order chi connectivity index (χ1) is 9.06. The normalized spacial score (nSPS) is 21.9. The fraction of sp³-hybridized carbons (Fsp3) is 0.357. The van der Waals surface area contributed by atoms with E-state index in [0.717, 1.165) is 16.8 Å². The summed E-state index contributed by atoms with van der Waals surface area (Å²) in [6, 6.07) is 5.33. The van der Waals surface area contributed by atoms with Gasteiger partial charge in [0.15, 0.2) is 0 Å². The van der Waals surface area contributed by atoms with Crippen LogP contribution >= 0.6 is 11.6 Å². The molecule has 1 aliphatic rings. The van der Waals surface area contributed by atoms with Gasteiger partial charge in [0, 0.05) is 35.3 Å². The van der Waals surface area contributed by atoms with Crippen LogP contribution in [0.5, 0.6) is 5.75 Å². The van der Waals surface area contributed by atoms with Gasteiger partial charge in [-0.2, -0.15) is 5.10 Å². The number of nitrogens with zero attached hydrogens (tertiary/aromatic N) is 2. The molecule has 2 atom stereocenters. The van der Waals surface area contributed by atoms with Crippen LogP contribution in [0.4, 0.5) is 0 Å². The molecule has 0 saturated heterocycles. The molecular weight excluding hydrogens is 264 g/mol. The summed E-state index contributed by atoms with van der Waals surface area (Å²) in [6.07, 6.45) is 1.58. The predicted octanol–water partition coefficient (Wildman–Crippen LogP) is 2.94. The van der Waals surface area contributed by atoms with Crippen molar-refractivity contribution in [3.05, 3.63) is 46.2 Å². The Morgan fingerprint density at radius 2 is 2.21 bits per heavy atom. The van der Waals surface area contributed by atoms with Crippen LogP contribution in [0, 0.1) is 6.92 Å². The van der Waals surface area contributed by atoms with Gasteiger partial charge < -0.3 is 9.84 Å². The van der Waals surface area contributed by atoms with E-state index in [1.54, 1.807) is 24.4 Å². The molecular formula is C14H15ClN2O2. The molecule has 1 aromatic heterocycles. The summed E-state index contributed by atoms with van der Waals surface area (Å²) in [7, 11) is 1.89. The number of hydrogen-bond donors (Lipinski definition) is 1. The molecule has 0 saturated carbocycles. The van der Waals surface area contributed by atoms with E-state index in [1.165, 1.54) is 0 Å². The van der Waals surface area contributed by atoms with Crippen LogP contribution < -0.4 is 4.74 Å². The monoisotopic (exact) mass is 278 g/mol. The van der Waals surface area contributed by atoms with E-state index in [1.807, 2.05) is 18.7 Å². The Labute approximate surface area is 116 Å². The summed E-state index contributed by atoms with van der Waals surface area (Å²) in [5.41, 5.74) is 2.82. The number of fused-ring (bicyclic) bond motifs is 1. The van der Waals surface area contributed by atoms with Crippen LogP contribution in [0.2, 0.25) is 5.02 Å². The zero-order valence-corrected chi connectivity index (χ0v) is 11.6. The first-order valence-electron chi connectivity index (χ1n) is 6.19. The zero-order valence-electron chi connectivity index (χ0n) is 10.8. The second-order valence-electron chi connectivity index (χ2n) is 4.85. The summed E-state index contributed by atoms with van der Waals surface area (Å²) in [6.45, 7) is 2.00. The van der Waals surface area contributed by atoms with Gasteiger partial charge in [-0.15, -0.1) is 0 Å². The first-order valence-corrected chi connectivity index (χ1v) is 6.56. The standard InChI is InChI=1S/C14H15ClN2O2/c1-8-11(7-16-17(8)2)14-6-12(18)10-5-9(15)3-4-13(10)19-14/h3-5,7,12,14,18H,6H2,1-2H3/t12-,14?/m1/s1. The molecule has 0 bridgehead atoms. The van der Waals surface area contributed by atoms with E-state index >= 15 is 0 Å². The number of aliphatic hydroxyl groups excluding tert-OH is 1. The summed E-state index contributed by atoms with van der Waals surface area (Å²) < 4.78 is 7.77. The van der Waals surface area contributed by atoms with Gasteiger partial charge in [0.05, 0.1) is 12.3 Å². The molecule has 0 spiro atoms. The largest absolute Gasteiger partial charge is 0.485 e. The molecule has 2 aromatic rings. The van der Waals surface area contributed by atoms with Crippen LogP contribution in [-0.2, 0) is 7.05 Å². The molecule has 4 nitrogen and oxygen atoms in total. The van der Waals surface area contributed by atoms with Crippen molar-refractivity contribution in [2.45, 2.75) is 25.6 Å². The lowest BCUT2D eigenvalue weighted by Gasteiger charge is -2.29. The molecule has 2 heterocycles. The van der Waals surface area contributed by atoms with Gasteiger partial charge in [-0.05, 0) is 25.1 Å². The third kappa shape index (κ3) is 2.11. The Kier molecular flexibility index (Phi) is 2.99. The van der Waals surface area contributed by atoms with Crippen LogP contribution in [0.25, 0.3) is 0 Å². The highest BCUT2D eigenvalue weighted by atomic mass is 35.5. The Bertz CT molecular complexity index is 624. The number of aliphatic hydroxyl groups is 1. The highest BCUT2D eigenvalue weighted by Gasteiger charge is 2.30. The van der Waals surface area contributed by atoms with Crippen LogP contribution in [0.1, 0.15) is 35.4 Å². The van der Waals surface area contributed by atoms with Crippen LogP contribution in [-0.4, -0.2) is 14.9 Å². The third-order valence-electron chi connectivity index (χ3n) is 3.66. The summed E-state index contributed by atoms with van der Waals surface area (Å²) >= 11 is 5.94. The molecule has 100 valence electrons. The summed E-state index contributed by atoms with van der Waals surface area (Å²) in [5, 5.41) is 15.1. The van der Waals surface area contributed by atoms with Crippen LogP contribution in [0.3, 0.4) is 0 Å². The van der Waals surface area contributed by atoms with Crippen molar-refractivity contribution in [1.82, 2.24) is 9.78 Å². The average molecular weight is 279 g/mol. The van der Waals surface area contributed by atoms with Gasteiger partial charge in [-0.25, -0.2) is 0 Å². The molecule has 1 aliphatic heterocycles. The topological polar surface area (TPSA) is 47.3 Å². The van der Waals surface area contributed by atoms with Gasteiger partial charge in [0.1, 0.15) is 11.9 Å². The Morgan fingerprint density at radius 3 is 2.89 bits per heavy atom. The predicted molar refractivity (Wildman–Crippen MR) is 72.3 cm³/mol. The van der Waals surface area contributed by atoms with E-state index in [2.05, 4.69) is 5.10 Å². The van der Waals surface area contributed by atoms with Crippen molar-refractivity contribution in [3.8, 4) is 5.75 Å². The Morgan fingerprint density at radius 1 is 1.42 bits per heavy atom. The fourth-order valence-electron chi connectivity index (χ4n) is 2.44. The maximum atomic E-state index is 10.2. The quantitative estimate of drug-likeness (QED) is 0.872. The lowest BCUT2D eigenvalue weighted by molar-refractivity contribution is 0.0654. The van der Waals surface area contributed by atoms with Crippen molar-refractivity contribution >= 4 is 11.6 Å². The van der Waals surface area contributed by atoms with Gasteiger partial charge >= 0.3 is 0 Å². The number of halogens is 1. The number of aryl methyl sites for hydroxylation is 1. The minimum Gasteiger partial charge on any atom is -0.485 e. The average Bonchev–Trinajstić information content (AvgIpc) is 2.71. The van der Waals surface area contributed by atoms with E-state index in [4.69, 9.17) is 16.3 Å². The molecule has 19 heavy (non-hydrogen) atoms. The lowest BCUT2D eigenvalue weighted by Crippen LogP contribution is -2.19. The van der Waals surface area contributed by atoms with Crippen molar-refractivity contribution < 1.29 is 9.84 Å². The van der Waals surface area contributed by atoms with Gasteiger partial charge in [0.2, 0.25) is 0 Å². The second-order valence-corrected chi connectivity index (χ2v) is 5.29. The van der Waals surface area contributed by atoms with Gasteiger partial charge in [-0.1, -0.05) is 11.6 Å². The lowest BCUT2D eigenvalue weighted by atomic mass is 9.95. The molecule has 3 rings (SSSR count). The van der Waals surface area contributed by atoms with Gasteiger partial charge in [-0.3, -0.25) is 4.68 Å². The fourth-order valence-corrected chi connectivity index (χ4v) is 2.62. The maximum absolute atomic E-state index is 10.2. The molecule has 0 aliphatic carbocycles. The number of hydrogen-bond acceptors (Lipinski definition) is 3. The number of ether oxygens (including phenoxy) is 1. The smallest absolute Gasteiger partial charge is 0.130 e. The molecule has 0 fully saturated rings. The highest BCUT2D eigenvalue weighted by molar-refractivity contribution is 6.30. The Balaban J connectivity index is 1.97. The SMILES string of the molecule is Cc1c(C2C[C@@H](O)c3cc(Cl)ccc3O2)cnn1C. The van der Waals surface area contributed by atoms with Crippen molar-refractivity contribution in [3.63, 3.8) is 0 Å². The van der Waals surface area contributed by atoms with Crippen molar-refractivity contribution in [2.24, 2.45) is 7.05 Å². The first kappa shape index (κ1) is 12.5. The third-order valence-corrected chi connectivity index (χ3v) is 3.89. The molecule has 1 unspecified atom stereocenters. The van der Waals surface area contributed by atoms with E-state index in [-0.39, 0.29) is 6.10 Å². The molecule has 1 aromatic carbocycles. The second kappa shape index (κ2) is 4.54. The zero-order chi connectivity index (χ0) is 13.6. The van der Waals surface area contributed by atoms with Crippen LogP contribution in [0.15, 0.2) is 24.4 Å². The summed E-state index contributed by atoms with van der Waals surface area (Å²) in [4.78, 5) is 0. The molecule has 5 heteroatoms. The Hall–Kier alpha value is -1.52. The van der Waals surface area contributed by atoms with Gasteiger partial charge in [0.25, 0.3) is 0 Å². The number of benzene rings is 1. The van der Waals surface area contributed by atoms with E-state index in [9.17, 15) is 5.11 Å². The van der Waals surface area contributed by atoms with Crippen molar-refractivity contribution in [1.29, 1.82) is 0 Å². The molecule has 1 N–H and O–H groups in total. The minimum atomic E-state index is -0.563. The molecule has 0 radical (unpaired) electrons. The van der Waals surface area contributed by atoms with Crippen molar-refractivity contribution in [2.75, 3.05) is 0 Å². The number of rotatable bonds is 1. The molecule has 0 amide bonds.